The number of nitrogens with zero attached hydrogens (tertiary/aromatic N) is 2. The zero-order valence-corrected chi connectivity index (χ0v) is 18.8. The van der Waals surface area contributed by atoms with E-state index < -0.39 is 17.7 Å². The first-order valence-corrected chi connectivity index (χ1v) is 11.2. The normalized spacial score (nSPS) is 21.6. The molecule has 2 aliphatic rings. The third-order valence-electron chi connectivity index (χ3n) is 5.75. The first-order chi connectivity index (χ1) is 15.1. The van der Waals surface area contributed by atoms with Crippen LogP contribution in [0.1, 0.15) is 23.6 Å². The number of ketones is 1. The molecule has 1 N–H and O–H groups in total. The number of halogens is 1. The molecule has 1 atom stereocenters. The van der Waals surface area contributed by atoms with Crippen LogP contribution in [0.2, 0.25) is 0 Å². The van der Waals surface area contributed by atoms with E-state index in [9.17, 15) is 14.7 Å². The summed E-state index contributed by atoms with van der Waals surface area (Å²) in [6, 6.07) is 15.9. The number of benzene rings is 2. The number of aliphatic hydroxyl groups is 1. The molecule has 0 radical (unpaired) electrons. The highest BCUT2D eigenvalue weighted by Crippen LogP contribution is 2.39. The van der Waals surface area contributed by atoms with Crippen LogP contribution in [0.4, 0.5) is 0 Å². The van der Waals surface area contributed by atoms with Crippen molar-refractivity contribution in [3.8, 4) is 0 Å². The van der Waals surface area contributed by atoms with Crippen LogP contribution >= 0.6 is 15.9 Å². The lowest BCUT2D eigenvalue weighted by atomic mass is 9.95. The van der Waals surface area contributed by atoms with Crippen LogP contribution in [-0.2, 0) is 14.3 Å². The molecule has 0 bridgehead atoms. The monoisotopic (exact) mass is 484 g/mol. The summed E-state index contributed by atoms with van der Waals surface area (Å²) in [6.45, 7) is 4.48. The number of likely N-dealkylation sites (tertiary alicyclic amines) is 1. The third kappa shape index (κ3) is 4.74. The van der Waals surface area contributed by atoms with Gasteiger partial charge in [0, 0.05) is 36.2 Å². The number of carbonyl (C=O) groups is 2. The Kier molecular flexibility index (Phi) is 6.85. The summed E-state index contributed by atoms with van der Waals surface area (Å²) in [6.07, 6.45) is 0.745. The van der Waals surface area contributed by atoms with Crippen molar-refractivity contribution in [2.75, 3.05) is 39.4 Å². The lowest BCUT2D eigenvalue weighted by Crippen LogP contribution is -2.38. The highest BCUT2D eigenvalue weighted by Gasteiger charge is 2.45. The number of Topliss-reactive ketones (excluding diaryl/α,β-unsaturated/α-hetero) is 1. The molecule has 31 heavy (non-hydrogen) atoms. The highest BCUT2D eigenvalue weighted by molar-refractivity contribution is 9.10. The van der Waals surface area contributed by atoms with Gasteiger partial charge in [-0.2, -0.15) is 0 Å². The highest BCUT2D eigenvalue weighted by atomic mass is 79.9. The van der Waals surface area contributed by atoms with Crippen molar-refractivity contribution < 1.29 is 19.4 Å². The largest absolute Gasteiger partial charge is 0.507 e. The summed E-state index contributed by atoms with van der Waals surface area (Å²) < 4.78 is 6.26. The van der Waals surface area contributed by atoms with Crippen molar-refractivity contribution in [3.05, 3.63) is 75.8 Å². The van der Waals surface area contributed by atoms with Crippen LogP contribution in [0.15, 0.2) is 64.6 Å². The Morgan fingerprint density at radius 3 is 2.35 bits per heavy atom. The number of rotatable bonds is 6. The maximum absolute atomic E-state index is 13.0. The summed E-state index contributed by atoms with van der Waals surface area (Å²) in [5.74, 6) is -1.34. The van der Waals surface area contributed by atoms with Crippen molar-refractivity contribution >= 4 is 33.4 Å². The number of carbonyl (C=O) groups excluding carboxylic acids is 2. The van der Waals surface area contributed by atoms with Crippen LogP contribution in [0.5, 0.6) is 0 Å². The van der Waals surface area contributed by atoms with Gasteiger partial charge in [-0.3, -0.25) is 14.5 Å². The Morgan fingerprint density at radius 1 is 1.00 bits per heavy atom. The van der Waals surface area contributed by atoms with Crippen LogP contribution in [-0.4, -0.2) is 66.0 Å². The van der Waals surface area contributed by atoms with Crippen molar-refractivity contribution in [2.45, 2.75) is 12.5 Å². The van der Waals surface area contributed by atoms with Gasteiger partial charge in [-0.15, -0.1) is 0 Å². The predicted octanol–water partition coefficient (Wildman–Crippen LogP) is 3.59. The minimum absolute atomic E-state index is 0.143. The topological polar surface area (TPSA) is 70.1 Å². The molecule has 0 saturated carbocycles. The van der Waals surface area contributed by atoms with E-state index in [1.54, 1.807) is 29.2 Å². The lowest BCUT2D eigenvalue weighted by Gasteiger charge is -2.29. The molecule has 0 unspecified atom stereocenters. The van der Waals surface area contributed by atoms with E-state index in [1.165, 1.54) is 0 Å². The van der Waals surface area contributed by atoms with Gasteiger partial charge in [0.25, 0.3) is 11.7 Å². The molecule has 2 fully saturated rings. The van der Waals surface area contributed by atoms with Gasteiger partial charge < -0.3 is 14.7 Å². The van der Waals surface area contributed by atoms with Crippen LogP contribution in [0, 0.1) is 0 Å². The van der Waals surface area contributed by atoms with Gasteiger partial charge in [-0.25, -0.2) is 0 Å². The Morgan fingerprint density at radius 2 is 1.68 bits per heavy atom. The molecule has 2 aromatic rings. The third-order valence-corrected chi connectivity index (χ3v) is 6.28. The summed E-state index contributed by atoms with van der Waals surface area (Å²) in [4.78, 5) is 29.9. The van der Waals surface area contributed by atoms with Gasteiger partial charge in [0.15, 0.2) is 0 Å². The van der Waals surface area contributed by atoms with Gasteiger partial charge >= 0.3 is 0 Å². The van der Waals surface area contributed by atoms with E-state index in [1.807, 2.05) is 30.3 Å². The van der Waals surface area contributed by atoms with Crippen molar-refractivity contribution in [3.63, 3.8) is 0 Å². The zero-order chi connectivity index (χ0) is 21.8. The molecule has 0 aliphatic carbocycles. The molecule has 2 heterocycles. The quantitative estimate of drug-likeness (QED) is 0.385. The molecule has 1 amide bonds. The maximum atomic E-state index is 13.0. The summed E-state index contributed by atoms with van der Waals surface area (Å²) in [5, 5.41) is 11.0. The van der Waals surface area contributed by atoms with E-state index in [-0.39, 0.29) is 11.3 Å². The number of hydrogen-bond acceptors (Lipinski definition) is 5. The molecule has 2 aromatic carbocycles. The van der Waals surface area contributed by atoms with Gasteiger partial charge in [0.05, 0.1) is 24.8 Å². The average Bonchev–Trinajstić information content (AvgIpc) is 3.05. The standard InChI is InChI=1S/C24H25BrN2O4/c25-19-9-7-18(8-10-19)22(28)20-21(17-5-2-1-3-6-17)27(24(30)23(20)29)12-4-11-26-13-15-31-16-14-26/h1-3,5-10,21,28H,4,11-16H2/t21-/m1/s1. The van der Waals surface area contributed by atoms with E-state index in [0.717, 1.165) is 49.3 Å². The minimum Gasteiger partial charge on any atom is -0.507 e. The Hall–Kier alpha value is -2.48. The summed E-state index contributed by atoms with van der Waals surface area (Å²) in [5.41, 5.74) is 1.46. The Bertz CT molecular complexity index is 969. The Balaban J connectivity index is 1.64. The van der Waals surface area contributed by atoms with E-state index in [2.05, 4.69) is 20.8 Å². The molecule has 6 nitrogen and oxygen atoms in total. The van der Waals surface area contributed by atoms with E-state index in [4.69, 9.17) is 4.74 Å². The molecule has 2 saturated heterocycles. The van der Waals surface area contributed by atoms with Crippen molar-refractivity contribution in [1.29, 1.82) is 0 Å². The fraction of sp³-hybridized carbons (Fsp3) is 0.333. The molecular weight excluding hydrogens is 460 g/mol. The number of morpholine rings is 1. The first-order valence-electron chi connectivity index (χ1n) is 10.5. The van der Waals surface area contributed by atoms with E-state index in [0.29, 0.717) is 12.1 Å². The number of hydrogen-bond donors (Lipinski definition) is 1. The second-order valence-electron chi connectivity index (χ2n) is 7.72. The maximum Gasteiger partial charge on any atom is 0.295 e. The van der Waals surface area contributed by atoms with Crippen LogP contribution in [0.25, 0.3) is 5.76 Å². The van der Waals surface area contributed by atoms with Crippen molar-refractivity contribution in [2.24, 2.45) is 0 Å². The minimum atomic E-state index is -0.638. The first kappa shape index (κ1) is 21.7. The predicted molar refractivity (Wildman–Crippen MR) is 121 cm³/mol. The van der Waals surface area contributed by atoms with Crippen LogP contribution < -0.4 is 0 Å². The van der Waals surface area contributed by atoms with Crippen molar-refractivity contribution in [1.82, 2.24) is 9.80 Å². The molecule has 2 aliphatic heterocycles. The molecule has 0 aromatic heterocycles. The Labute approximate surface area is 190 Å². The van der Waals surface area contributed by atoms with Gasteiger partial charge in [-0.05, 0) is 24.1 Å². The van der Waals surface area contributed by atoms with Gasteiger partial charge in [0.2, 0.25) is 0 Å². The molecule has 7 heteroatoms. The fourth-order valence-electron chi connectivity index (χ4n) is 4.15. The van der Waals surface area contributed by atoms with Crippen LogP contribution in [0.3, 0.4) is 0 Å². The molecular formula is C24H25BrN2O4. The number of amides is 1. The number of ether oxygens (including phenoxy) is 1. The van der Waals surface area contributed by atoms with E-state index >= 15 is 0 Å². The second kappa shape index (κ2) is 9.77. The molecule has 0 spiro atoms. The van der Waals surface area contributed by atoms with Gasteiger partial charge in [0.1, 0.15) is 5.76 Å². The number of aliphatic hydroxyl groups excluding tert-OH is 1. The lowest BCUT2D eigenvalue weighted by molar-refractivity contribution is -0.140. The summed E-state index contributed by atoms with van der Waals surface area (Å²) in [7, 11) is 0. The molecule has 4 rings (SSSR count). The second-order valence-corrected chi connectivity index (χ2v) is 8.63. The smallest absolute Gasteiger partial charge is 0.295 e. The van der Waals surface area contributed by atoms with Gasteiger partial charge in [-0.1, -0.05) is 58.4 Å². The molecule has 162 valence electrons. The zero-order valence-electron chi connectivity index (χ0n) is 17.2. The summed E-state index contributed by atoms with van der Waals surface area (Å²) >= 11 is 3.38. The fourth-order valence-corrected chi connectivity index (χ4v) is 4.41. The average molecular weight is 485 g/mol. The SMILES string of the molecule is O=C1C(=O)N(CCCN2CCOCC2)[C@H](c2ccccc2)C1=C(O)c1ccc(Br)cc1.